The van der Waals surface area contributed by atoms with Crippen LogP contribution in [0, 0.1) is 5.92 Å². The van der Waals surface area contributed by atoms with Crippen molar-refractivity contribution in [2.45, 2.75) is 38.2 Å². The van der Waals surface area contributed by atoms with Gasteiger partial charge in [-0.05, 0) is 12.8 Å². The quantitative estimate of drug-likeness (QED) is 0.775. The molecule has 0 bridgehead atoms. The van der Waals surface area contributed by atoms with Gasteiger partial charge in [0.15, 0.2) is 6.10 Å². The normalized spacial score (nSPS) is 27.3. The fourth-order valence-electron chi connectivity index (χ4n) is 2.53. The molecule has 90 valence electrons. The van der Waals surface area contributed by atoms with E-state index < -0.39 is 12.2 Å². The zero-order valence-corrected chi connectivity index (χ0v) is 9.35. The summed E-state index contributed by atoms with van der Waals surface area (Å²) in [6.07, 6.45) is 4.38. The molecule has 1 heterocycles. The van der Waals surface area contributed by atoms with Crippen LogP contribution in [0.4, 0.5) is 4.79 Å². The smallest absolute Gasteiger partial charge is 0.417 e. The number of hydrogen-bond acceptors (Lipinski definition) is 4. The Hall–Kier alpha value is -1.10. The zero-order chi connectivity index (χ0) is 11.5. The molecule has 5 nitrogen and oxygen atoms in total. The standard InChI is InChI=1S/C11H18N2O3/c12-6-7-13-10(14)9(16-11(13)15)8-4-2-1-3-5-8/h8-9H,1-7,12H2/t9-/m1/s1. The second-order valence-corrected chi connectivity index (χ2v) is 4.48. The topological polar surface area (TPSA) is 72.6 Å². The van der Waals surface area contributed by atoms with E-state index in [1.54, 1.807) is 0 Å². The van der Waals surface area contributed by atoms with Crippen molar-refractivity contribution in [1.29, 1.82) is 0 Å². The molecule has 1 aliphatic heterocycles. The van der Waals surface area contributed by atoms with E-state index in [2.05, 4.69) is 0 Å². The van der Waals surface area contributed by atoms with Crippen molar-refractivity contribution >= 4 is 12.0 Å². The lowest BCUT2D eigenvalue weighted by atomic mass is 9.85. The fourth-order valence-corrected chi connectivity index (χ4v) is 2.53. The minimum Gasteiger partial charge on any atom is -0.435 e. The number of hydrogen-bond donors (Lipinski definition) is 1. The molecule has 0 spiro atoms. The molecule has 2 N–H and O–H groups in total. The van der Waals surface area contributed by atoms with E-state index in [4.69, 9.17) is 10.5 Å². The van der Waals surface area contributed by atoms with Crippen molar-refractivity contribution < 1.29 is 14.3 Å². The van der Waals surface area contributed by atoms with Crippen LogP contribution in [0.2, 0.25) is 0 Å². The molecular formula is C11H18N2O3. The van der Waals surface area contributed by atoms with Gasteiger partial charge in [-0.3, -0.25) is 4.79 Å². The van der Waals surface area contributed by atoms with Crippen molar-refractivity contribution in [3.8, 4) is 0 Å². The number of imide groups is 1. The number of nitrogens with zero attached hydrogens (tertiary/aromatic N) is 1. The van der Waals surface area contributed by atoms with Gasteiger partial charge in [-0.25, -0.2) is 9.69 Å². The third kappa shape index (κ3) is 2.04. The Morgan fingerprint density at radius 1 is 1.25 bits per heavy atom. The summed E-state index contributed by atoms with van der Waals surface area (Å²) in [4.78, 5) is 24.5. The monoisotopic (exact) mass is 226 g/mol. The van der Waals surface area contributed by atoms with E-state index >= 15 is 0 Å². The Balaban J connectivity index is 2.01. The number of amides is 2. The third-order valence-corrected chi connectivity index (χ3v) is 3.39. The predicted molar refractivity (Wildman–Crippen MR) is 57.6 cm³/mol. The van der Waals surface area contributed by atoms with Crippen LogP contribution in [0.3, 0.4) is 0 Å². The summed E-state index contributed by atoms with van der Waals surface area (Å²) in [5.74, 6) is 0.0234. The maximum Gasteiger partial charge on any atom is 0.417 e. The first-order valence-corrected chi connectivity index (χ1v) is 5.96. The molecule has 1 aliphatic carbocycles. The van der Waals surface area contributed by atoms with Crippen molar-refractivity contribution in [1.82, 2.24) is 4.90 Å². The van der Waals surface area contributed by atoms with Crippen molar-refractivity contribution in [3.05, 3.63) is 0 Å². The minimum atomic E-state index is -0.542. The number of rotatable bonds is 3. The van der Waals surface area contributed by atoms with Crippen molar-refractivity contribution in [2.24, 2.45) is 11.7 Å². The lowest BCUT2D eigenvalue weighted by Crippen LogP contribution is -2.38. The highest BCUT2D eigenvalue weighted by Crippen LogP contribution is 2.31. The van der Waals surface area contributed by atoms with Gasteiger partial charge in [0.1, 0.15) is 0 Å². The van der Waals surface area contributed by atoms with E-state index in [0.29, 0.717) is 0 Å². The summed E-state index contributed by atoms with van der Waals surface area (Å²) in [7, 11) is 0. The average molecular weight is 226 g/mol. The summed E-state index contributed by atoms with van der Waals surface area (Å²) in [5.41, 5.74) is 5.36. The molecule has 0 aromatic carbocycles. The maximum absolute atomic E-state index is 11.9. The van der Waals surface area contributed by atoms with Gasteiger partial charge in [-0.1, -0.05) is 19.3 Å². The molecule has 1 saturated carbocycles. The van der Waals surface area contributed by atoms with Crippen LogP contribution in [0.1, 0.15) is 32.1 Å². The molecule has 0 unspecified atom stereocenters. The van der Waals surface area contributed by atoms with Gasteiger partial charge in [0, 0.05) is 19.0 Å². The van der Waals surface area contributed by atoms with Crippen LogP contribution in [-0.2, 0) is 9.53 Å². The molecule has 5 heteroatoms. The summed E-state index contributed by atoms with van der Waals surface area (Å²) in [5, 5.41) is 0. The maximum atomic E-state index is 11.9. The predicted octanol–water partition coefficient (Wildman–Crippen LogP) is 0.873. The Labute approximate surface area is 94.9 Å². The largest absolute Gasteiger partial charge is 0.435 e. The van der Waals surface area contributed by atoms with Crippen LogP contribution in [0.5, 0.6) is 0 Å². The van der Waals surface area contributed by atoms with Crippen LogP contribution in [0.15, 0.2) is 0 Å². The second kappa shape index (κ2) is 4.82. The summed E-state index contributed by atoms with van der Waals surface area (Å²) >= 11 is 0. The van der Waals surface area contributed by atoms with Crippen LogP contribution in [-0.4, -0.2) is 36.1 Å². The Morgan fingerprint density at radius 2 is 1.94 bits per heavy atom. The summed E-state index contributed by atoms with van der Waals surface area (Å²) in [6, 6.07) is 0. The molecule has 2 amide bonds. The Kier molecular flexibility index (Phi) is 3.43. The van der Waals surface area contributed by atoms with Crippen molar-refractivity contribution in [3.63, 3.8) is 0 Å². The molecular weight excluding hydrogens is 208 g/mol. The number of carbonyl (C=O) groups excluding carboxylic acids is 2. The Bertz CT molecular complexity index is 287. The zero-order valence-electron chi connectivity index (χ0n) is 9.35. The van der Waals surface area contributed by atoms with Crippen LogP contribution < -0.4 is 5.73 Å². The number of carbonyl (C=O) groups is 2. The number of cyclic esters (lactones) is 1. The highest BCUT2D eigenvalue weighted by Gasteiger charge is 2.44. The first-order valence-electron chi connectivity index (χ1n) is 5.96. The molecule has 1 saturated heterocycles. The van der Waals surface area contributed by atoms with E-state index in [-0.39, 0.29) is 24.9 Å². The van der Waals surface area contributed by atoms with Gasteiger partial charge in [0.05, 0.1) is 0 Å². The van der Waals surface area contributed by atoms with Crippen molar-refractivity contribution in [2.75, 3.05) is 13.1 Å². The Morgan fingerprint density at radius 3 is 2.56 bits per heavy atom. The molecule has 0 aromatic rings. The molecule has 2 aliphatic rings. The lowest BCUT2D eigenvalue weighted by molar-refractivity contribution is -0.132. The molecule has 1 atom stereocenters. The second-order valence-electron chi connectivity index (χ2n) is 4.48. The van der Waals surface area contributed by atoms with Gasteiger partial charge in [0.25, 0.3) is 5.91 Å². The molecule has 0 radical (unpaired) electrons. The number of ether oxygens (including phenoxy) is 1. The highest BCUT2D eigenvalue weighted by atomic mass is 16.6. The summed E-state index contributed by atoms with van der Waals surface area (Å²) in [6.45, 7) is 0.555. The van der Waals surface area contributed by atoms with E-state index in [0.717, 1.165) is 30.6 Å². The summed E-state index contributed by atoms with van der Waals surface area (Å²) < 4.78 is 5.16. The molecule has 2 rings (SSSR count). The van der Waals surface area contributed by atoms with Crippen LogP contribution in [0.25, 0.3) is 0 Å². The molecule has 16 heavy (non-hydrogen) atoms. The first kappa shape index (κ1) is 11.4. The van der Waals surface area contributed by atoms with Gasteiger partial charge < -0.3 is 10.5 Å². The molecule has 2 fully saturated rings. The van der Waals surface area contributed by atoms with Crippen LogP contribution >= 0.6 is 0 Å². The van der Waals surface area contributed by atoms with Gasteiger partial charge >= 0.3 is 6.09 Å². The highest BCUT2D eigenvalue weighted by molar-refractivity contribution is 6.00. The molecule has 0 aromatic heterocycles. The average Bonchev–Trinajstić information content (AvgIpc) is 2.59. The minimum absolute atomic E-state index is 0.192. The SMILES string of the molecule is NCCN1C(=O)O[C@H](C2CCCCC2)C1=O. The van der Waals surface area contributed by atoms with E-state index in [1.807, 2.05) is 0 Å². The van der Waals surface area contributed by atoms with E-state index in [9.17, 15) is 9.59 Å². The van der Waals surface area contributed by atoms with Gasteiger partial charge in [-0.15, -0.1) is 0 Å². The number of nitrogens with two attached hydrogens (primary N) is 1. The fraction of sp³-hybridized carbons (Fsp3) is 0.818. The third-order valence-electron chi connectivity index (χ3n) is 3.39. The van der Waals surface area contributed by atoms with Gasteiger partial charge in [0.2, 0.25) is 0 Å². The first-order chi connectivity index (χ1) is 7.74. The van der Waals surface area contributed by atoms with E-state index in [1.165, 1.54) is 6.42 Å². The van der Waals surface area contributed by atoms with Gasteiger partial charge in [-0.2, -0.15) is 0 Å². The lowest BCUT2D eigenvalue weighted by Gasteiger charge is -2.24.